The van der Waals surface area contributed by atoms with Crippen LogP contribution in [0, 0.1) is 0 Å². The molecule has 0 amide bonds. The fourth-order valence-corrected chi connectivity index (χ4v) is 2.70. The minimum atomic E-state index is 0.285. The van der Waals surface area contributed by atoms with E-state index in [2.05, 4.69) is 44.8 Å². The first-order chi connectivity index (χ1) is 10.6. The van der Waals surface area contributed by atoms with Crippen molar-refractivity contribution >= 4 is 31.9 Å². The molecule has 0 aliphatic heterocycles. The van der Waals surface area contributed by atoms with Crippen LogP contribution in [0.25, 0.3) is 0 Å². The fourth-order valence-electron chi connectivity index (χ4n) is 1.95. The predicted molar refractivity (Wildman–Crippen MR) is 99.5 cm³/mol. The molecule has 2 N–H and O–H groups in total. The highest BCUT2D eigenvalue weighted by Crippen LogP contribution is 2.28. The summed E-state index contributed by atoms with van der Waals surface area (Å²) in [5.41, 5.74) is 1.21. The van der Waals surface area contributed by atoms with E-state index in [9.17, 15) is 5.11 Å². The molecule has 0 bridgehead atoms. The predicted octanol–water partition coefficient (Wildman–Crippen LogP) is 6.43. The number of unbranched alkanes of at least 4 members (excludes halogenated alkanes) is 3. The first-order valence-corrected chi connectivity index (χ1v) is 9.04. The van der Waals surface area contributed by atoms with Gasteiger partial charge in [-0.1, -0.05) is 50.5 Å². The second kappa shape index (κ2) is 10.7. The van der Waals surface area contributed by atoms with Gasteiger partial charge >= 0.3 is 0 Å². The third kappa shape index (κ3) is 6.84. The Morgan fingerprint density at radius 3 is 2.09 bits per heavy atom. The van der Waals surface area contributed by atoms with Crippen LogP contribution in [0.15, 0.2) is 51.4 Å². The highest BCUT2D eigenvalue weighted by atomic mass is 79.9. The molecule has 0 fully saturated rings. The maximum atomic E-state index is 9.46. The molecule has 0 aliphatic carbocycles. The molecule has 0 atom stereocenters. The van der Waals surface area contributed by atoms with Crippen LogP contribution in [0.4, 0.5) is 0 Å². The van der Waals surface area contributed by atoms with Gasteiger partial charge in [0.15, 0.2) is 0 Å². The number of phenolic OH excluding ortho intramolecular Hbond substituents is 2. The number of benzene rings is 2. The molecule has 0 unspecified atom stereocenters. The number of rotatable bonds is 5. The van der Waals surface area contributed by atoms with Crippen molar-refractivity contribution in [2.75, 3.05) is 0 Å². The molecule has 2 aromatic carbocycles. The largest absolute Gasteiger partial charge is 0.507 e. The molecular formula is C18H22Br2O2. The summed E-state index contributed by atoms with van der Waals surface area (Å²) >= 11 is 6.54. The smallest absolute Gasteiger partial charge is 0.130 e. The maximum Gasteiger partial charge on any atom is 0.130 e. The van der Waals surface area contributed by atoms with Crippen LogP contribution in [0.1, 0.15) is 38.2 Å². The van der Waals surface area contributed by atoms with E-state index in [-0.39, 0.29) is 5.75 Å². The molecule has 22 heavy (non-hydrogen) atoms. The summed E-state index contributed by atoms with van der Waals surface area (Å²) in [6.07, 6.45) is 6.10. The number of para-hydroxylation sites is 1. The third-order valence-corrected chi connectivity index (χ3v) is 4.80. The van der Waals surface area contributed by atoms with Crippen molar-refractivity contribution in [1.29, 1.82) is 0 Å². The summed E-state index contributed by atoms with van der Waals surface area (Å²) in [5, 5.41) is 18.3. The van der Waals surface area contributed by atoms with E-state index in [1.165, 1.54) is 31.2 Å². The van der Waals surface area contributed by atoms with Gasteiger partial charge in [0.25, 0.3) is 0 Å². The van der Waals surface area contributed by atoms with Gasteiger partial charge < -0.3 is 10.2 Å². The summed E-state index contributed by atoms with van der Waals surface area (Å²) in [4.78, 5) is 0. The molecule has 0 aromatic heterocycles. The summed E-state index contributed by atoms with van der Waals surface area (Å²) < 4.78 is 1.59. The number of hydrogen-bond donors (Lipinski definition) is 2. The highest BCUT2D eigenvalue weighted by Gasteiger charge is 2.03. The van der Waals surface area contributed by atoms with E-state index in [1.807, 2.05) is 12.1 Å². The molecular weight excluding hydrogens is 408 g/mol. The van der Waals surface area contributed by atoms with E-state index < -0.39 is 0 Å². The Morgan fingerprint density at radius 2 is 1.50 bits per heavy atom. The number of phenols is 2. The molecule has 0 radical (unpaired) electrons. The minimum Gasteiger partial charge on any atom is -0.507 e. The Kier molecular flexibility index (Phi) is 9.25. The van der Waals surface area contributed by atoms with Crippen molar-refractivity contribution < 1.29 is 10.2 Å². The van der Waals surface area contributed by atoms with Gasteiger partial charge in [-0.2, -0.15) is 0 Å². The maximum absolute atomic E-state index is 9.46. The van der Waals surface area contributed by atoms with Crippen LogP contribution in [0.3, 0.4) is 0 Å². The van der Waals surface area contributed by atoms with Crippen LogP contribution in [0.5, 0.6) is 11.5 Å². The van der Waals surface area contributed by atoms with E-state index in [0.717, 1.165) is 15.4 Å². The number of aromatic hydroxyl groups is 2. The lowest BCUT2D eigenvalue weighted by molar-refractivity contribution is 0.470. The van der Waals surface area contributed by atoms with Crippen LogP contribution < -0.4 is 0 Å². The molecule has 2 nitrogen and oxygen atoms in total. The fraction of sp³-hybridized carbons (Fsp3) is 0.333. The normalized spacial score (nSPS) is 9.95. The molecule has 2 rings (SSSR count). The molecule has 0 saturated carbocycles. The summed E-state index contributed by atoms with van der Waals surface area (Å²) in [6.45, 7) is 2.21. The highest BCUT2D eigenvalue weighted by molar-refractivity contribution is 9.11. The van der Waals surface area contributed by atoms with Crippen molar-refractivity contribution in [1.82, 2.24) is 0 Å². The number of hydrogen-bond acceptors (Lipinski definition) is 2. The first kappa shape index (κ1) is 19.0. The molecule has 0 heterocycles. The zero-order valence-electron chi connectivity index (χ0n) is 12.7. The van der Waals surface area contributed by atoms with Gasteiger partial charge in [-0.3, -0.25) is 0 Å². The van der Waals surface area contributed by atoms with E-state index in [1.54, 1.807) is 24.3 Å². The van der Waals surface area contributed by atoms with Crippen molar-refractivity contribution in [3.05, 3.63) is 57.0 Å². The molecule has 0 spiro atoms. The molecule has 0 saturated heterocycles. The Morgan fingerprint density at radius 1 is 0.818 bits per heavy atom. The van der Waals surface area contributed by atoms with Crippen molar-refractivity contribution in [2.45, 2.75) is 39.0 Å². The van der Waals surface area contributed by atoms with Crippen LogP contribution in [0.2, 0.25) is 0 Å². The van der Waals surface area contributed by atoms with Gasteiger partial charge in [-0.05, 0) is 68.5 Å². The van der Waals surface area contributed by atoms with Gasteiger partial charge in [-0.15, -0.1) is 0 Å². The zero-order valence-corrected chi connectivity index (χ0v) is 15.9. The Balaban J connectivity index is 0.000000255. The zero-order chi connectivity index (χ0) is 16.4. The standard InChI is InChI=1S/C12H17BrO.C6H5BrO/c1-2-3-4-5-7-10-8-6-9-11(14)12(10)13;7-5-3-1-2-4-6(5)8/h6,8-9,14H,2-5,7H2,1H3;1-4,8H. The Labute approximate surface area is 149 Å². The van der Waals surface area contributed by atoms with Crippen molar-refractivity contribution in [3.8, 4) is 11.5 Å². The monoisotopic (exact) mass is 428 g/mol. The third-order valence-electron chi connectivity index (χ3n) is 3.21. The quantitative estimate of drug-likeness (QED) is 0.537. The minimum absolute atomic E-state index is 0.285. The average molecular weight is 430 g/mol. The SMILES string of the molecule is CCCCCCc1cccc(O)c1Br.Oc1ccccc1Br. The first-order valence-electron chi connectivity index (χ1n) is 7.46. The summed E-state index contributed by atoms with van der Waals surface area (Å²) in [6, 6.07) is 12.7. The Hall–Kier alpha value is -1.00. The average Bonchev–Trinajstić information content (AvgIpc) is 2.51. The van der Waals surface area contributed by atoms with Crippen molar-refractivity contribution in [2.24, 2.45) is 0 Å². The van der Waals surface area contributed by atoms with Gasteiger partial charge in [0.05, 0.1) is 8.95 Å². The molecule has 4 heteroatoms. The summed E-state index contributed by atoms with van der Waals surface area (Å²) in [5.74, 6) is 0.630. The lowest BCUT2D eigenvalue weighted by atomic mass is 10.1. The van der Waals surface area contributed by atoms with Crippen molar-refractivity contribution in [3.63, 3.8) is 0 Å². The van der Waals surface area contributed by atoms with Gasteiger partial charge in [0.1, 0.15) is 11.5 Å². The lowest BCUT2D eigenvalue weighted by Crippen LogP contribution is -1.87. The lowest BCUT2D eigenvalue weighted by Gasteiger charge is -2.05. The van der Waals surface area contributed by atoms with Crippen LogP contribution >= 0.6 is 31.9 Å². The second-order valence-electron chi connectivity index (χ2n) is 5.01. The van der Waals surface area contributed by atoms with E-state index in [4.69, 9.17) is 5.11 Å². The molecule has 120 valence electrons. The van der Waals surface area contributed by atoms with Gasteiger partial charge in [0, 0.05) is 0 Å². The second-order valence-corrected chi connectivity index (χ2v) is 6.66. The molecule has 0 aliphatic rings. The topological polar surface area (TPSA) is 40.5 Å². The van der Waals surface area contributed by atoms with E-state index >= 15 is 0 Å². The van der Waals surface area contributed by atoms with Crippen LogP contribution in [-0.4, -0.2) is 10.2 Å². The number of halogens is 2. The van der Waals surface area contributed by atoms with Crippen LogP contribution in [-0.2, 0) is 6.42 Å². The number of aryl methyl sites for hydroxylation is 1. The van der Waals surface area contributed by atoms with E-state index in [0.29, 0.717) is 5.75 Å². The van der Waals surface area contributed by atoms with Gasteiger partial charge in [-0.25, -0.2) is 0 Å². The molecule has 2 aromatic rings. The van der Waals surface area contributed by atoms with Gasteiger partial charge in [0.2, 0.25) is 0 Å². The summed E-state index contributed by atoms with van der Waals surface area (Å²) in [7, 11) is 0. The Bertz CT molecular complexity index is 550.